The number of ether oxygens (including phenoxy) is 1. The van der Waals surface area contributed by atoms with Crippen LogP contribution in [0.15, 0.2) is 54.6 Å². The lowest BCUT2D eigenvalue weighted by Crippen LogP contribution is -2.01. The summed E-state index contributed by atoms with van der Waals surface area (Å²) in [7, 11) is 1.44. The number of aromatic hydroxyl groups is 2. The molecule has 2 rings (SSSR count). The van der Waals surface area contributed by atoms with Gasteiger partial charge < -0.3 is 14.9 Å². The first-order valence-electron chi connectivity index (χ1n) is 7.56. The largest absolute Gasteiger partial charge is 0.508 e. The highest BCUT2D eigenvalue weighted by Crippen LogP contribution is 2.26. The quantitative estimate of drug-likeness (QED) is 0.597. The van der Waals surface area contributed by atoms with Gasteiger partial charge in [0.05, 0.1) is 13.5 Å². The molecule has 5 heteroatoms. The number of carbonyl (C=O) groups is 2. The van der Waals surface area contributed by atoms with Gasteiger partial charge in [-0.25, -0.2) is 0 Å². The van der Waals surface area contributed by atoms with Gasteiger partial charge in [0, 0.05) is 0 Å². The average molecular weight is 338 g/mol. The highest BCUT2D eigenvalue weighted by molar-refractivity contribution is 6.10. The van der Waals surface area contributed by atoms with Crippen LogP contribution < -0.4 is 4.74 Å². The molecule has 128 valence electrons. The number of phenols is 2. The van der Waals surface area contributed by atoms with Gasteiger partial charge in [0.1, 0.15) is 5.75 Å². The Labute approximate surface area is 145 Å². The number of benzene rings is 2. The third-order valence-electron chi connectivity index (χ3n) is 3.37. The van der Waals surface area contributed by atoms with Crippen molar-refractivity contribution in [2.24, 2.45) is 0 Å². The Hall–Kier alpha value is -3.34. The summed E-state index contributed by atoms with van der Waals surface area (Å²) in [5.74, 6) is -0.170. The van der Waals surface area contributed by atoms with Gasteiger partial charge in [-0.05, 0) is 47.5 Å². The van der Waals surface area contributed by atoms with Crippen molar-refractivity contribution in [3.05, 3.63) is 65.7 Å². The highest BCUT2D eigenvalue weighted by Gasteiger charge is 2.05. The lowest BCUT2D eigenvalue weighted by atomic mass is 10.1. The third kappa shape index (κ3) is 5.66. The molecular formula is C20H18O5. The van der Waals surface area contributed by atoms with Crippen molar-refractivity contribution in [1.29, 1.82) is 0 Å². The zero-order valence-corrected chi connectivity index (χ0v) is 13.7. The summed E-state index contributed by atoms with van der Waals surface area (Å²) < 4.78 is 4.99. The summed E-state index contributed by atoms with van der Waals surface area (Å²) in [5, 5.41) is 18.7. The number of phenolic OH excluding ortho intramolecular Hbond substituents is 2. The van der Waals surface area contributed by atoms with Crippen LogP contribution in [0, 0.1) is 0 Å². The molecular weight excluding hydrogens is 320 g/mol. The van der Waals surface area contributed by atoms with Gasteiger partial charge in [-0.2, -0.15) is 0 Å². The molecule has 0 radical (unpaired) electrons. The van der Waals surface area contributed by atoms with Gasteiger partial charge in [-0.15, -0.1) is 0 Å². The number of hydrogen-bond donors (Lipinski definition) is 2. The summed E-state index contributed by atoms with van der Waals surface area (Å²) in [4.78, 5) is 23.7. The fraction of sp³-hybridized carbons (Fsp3) is 0.100. The summed E-state index contributed by atoms with van der Waals surface area (Å²) >= 11 is 0. The molecule has 0 spiro atoms. The molecule has 0 saturated carbocycles. The molecule has 5 nitrogen and oxygen atoms in total. The van der Waals surface area contributed by atoms with Crippen molar-refractivity contribution in [2.75, 3.05) is 7.11 Å². The fourth-order valence-electron chi connectivity index (χ4n) is 2.05. The van der Waals surface area contributed by atoms with Gasteiger partial charge in [0.25, 0.3) is 0 Å². The number of hydrogen-bond acceptors (Lipinski definition) is 5. The molecule has 0 aliphatic heterocycles. The van der Waals surface area contributed by atoms with Crippen molar-refractivity contribution in [3.63, 3.8) is 0 Å². The SMILES string of the molecule is COc1cc(/C=C/C(=O)CC(=O)C=Cc2ccc(O)cc2)ccc1O. The summed E-state index contributed by atoms with van der Waals surface area (Å²) in [6.07, 6.45) is 5.56. The van der Waals surface area contributed by atoms with Crippen LogP contribution in [0.2, 0.25) is 0 Å². The number of ketones is 2. The van der Waals surface area contributed by atoms with Gasteiger partial charge in [0.2, 0.25) is 0 Å². The minimum atomic E-state index is -0.326. The summed E-state index contributed by atoms with van der Waals surface area (Å²) in [6, 6.07) is 11.1. The van der Waals surface area contributed by atoms with E-state index in [1.807, 2.05) is 0 Å². The lowest BCUT2D eigenvalue weighted by molar-refractivity contribution is -0.121. The monoisotopic (exact) mass is 338 g/mol. The van der Waals surface area contributed by atoms with Crippen LogP contribution in [0.5, 0.6) is 17.2 Å². The van der Waals surface area contributed by atoms with Gasteiger partial charge in [-0.1, -0.05) is 30.4 Å². The van der Waals surface area contributed by atoms with E-state index < -0.39 is 0 Å². The molecule has 0 heterocycles. The maximum atomic E-state index is 11.8. The van der Waals surface area contributed by atoms with Crippen LogP contribution >= 0.6 is 0 Å². The molecule has 25 heavy (non-hydrogen) atoms. The molecule has 0 atom stereocenters. The minimum absolute atomic E-state index is 0.0144. The molecule has 0 bridgehead atoms. The van der Waals surface area contributed by atoms with Crippen LogP contribution in [0.25, 0.3) is 12.2 Å². The first-order chi connectivity index (χ1) is 12.0. The zero-order valence-electron chi connectivity index (χ0n) is 13.7. The third-order valence-corrected chi connectivity index (χ3v) is 3.37. The molecule has 0 aliphatic carbocycles. The van der Waals surface area contributed by atoms with Crippen molar-refractivity contribution >= 4 is 23.7 Å². The van der Waals surface area contributed by atoms with E-state index in [1.54, 1.807) is 36.4 Å². The average Bonchev–Trinajstić information content (AvgIpc) is 2.60. The first kappa shape index (κ1) is 18.0. The number of carbonyl (C=O) groups excluding carboxylic acids is 2. The van der Waals surface area contributed by atoms with E-state index in [0.29, 0.717) is 11.3 Å². The van der Waals surface area contributed by atoms with Crippen LogP contribution in [0.4, 0.5) is 0 Å². The molecule has 0 aromatic heterocycles. The lowest BCUT2D eigenvalue weighted by Gasteiger charge is -2.03. The van der Waals surface area contributed by atoms with Crippen molar-refractivity contribution in [2.45, 2.75) is 6.42 Å². The smallest absolute Gasteiger partial charge is 0.163 e. The van der Waals surface area contributed by atoms with E-state index in [2.05, 4.69) is 0 Å². The maximum absolute atomic E-state index is 11.8. The summed E-state index contributed by atoms with van der Waals surface area (Å²) in [5.41, 5.74) is 1.43. The van der Waals surface area contributed by atoms with E-state index in [0.717, 1.165) is 5.56 Å². The van der Waals surface area contributed by atoms with Crippen molar-refractivity contribution < 1.29 is 24.5 Å². The number of allylic oxidation sites excluding steroid dienone is 2. The van der Waals surface area contributed by atoms with Crippen LogP contribution in [-0.2, 0) is 9.59 Å². The van der Waals surface area contributed by atoms with E-state index in [9.17, 15) is 19.8 Å². The topological polar surface area (TPSA) is 83.8 Å². The van der Waals surface area contributed by atoms with Gasteiger partial charge in [0.15, 0.2) is 23.1 Å². The second kappa shape index (κ2) is 8.49. The Morgan fingerprint density at radius 2 is 1.48 bits per heavy atom. The van der Waals surface area contributed by atoms with E-state index in [1.165, 1.54) is 37.5 Å². The van der Waals surface area contributed by atoms with Gasteiger partial charge >= 0.3 is 0 Å². The first-order valence-corrected chi connectivity index (χ1v) is 7.56. The predicted molar refractivity (Wildman–Crippen MR) is 95.5 cm³/mol. The van der Waals surface area contributed by atoms with Crippen LogP contribution in [0.1, 0.15) is 17.5 Å². The Balaban J connectivity index is 1.92. The second-order valence-electron chi connectivity index (χ2n) is 5.30. The molecule has 2 aromatic carbocycles. The molecule has 0 saturated heterocycles. The van der Waals surface area contributed by atoms with E-state index >= 15 is 0 Å². The van der Waals surface area contributed by atoms with Crippen LogP contribution in [-0.4, -0.2) is 28.9 Å². The fourth-order valence-corrected chi connectivity index (χ4v) is 2.05. The van der Waals surface area contributed by atoms with E-state index in [4.69, 9.17) is 4.74 Å². The highest BCUT2D eigenvalue weighted by atomic mass is 16.5. The standard InChI is InChI=1S/C20H18O5/c1-25-20-12-15(6-11-19(20)24)5-10-18(23)13-17(22)9-4-14-2-7-16(21)8-3-14/h2-12,21,24H,13H2,1H3/b9-4?,10-5+. The van der Waals surface area contributed by atoms with E-state index in [-0.39, 0.29) is 29.5 Å². The molecule has 2 N–H and O–H groups in total. The number of methoxy groups -OCH3 is 1. The molecule has 0 amide bonds. The maximum Gasteiger partial charge on any atom is 0.163 e. The second-order valence-corrected chi connectivity index (χ2v) is 5.30. The van der Waals surface area contributed by atoms with Crippen molar-refractivity contribution in [1.82, 2.24) is 0 Å². The number of rotatable bonds is 7. The zero-order chi connectivity index (χ0) is 18.2. The Bertz CT molecular complexity index is 816. The molecule has 0 unspecified atom stereocenters. The molecule has 2 aromatic rings. The minimum Gasteiger partial charge on any atom is -0.508 e. The Kier molecular flexibility index (Phi) is 6.12. The van der Waals surface area contributed by atoms with Gasteiger partial charge in [-0.3, -0.25) is 9.59 Å². The molecule has 0 aliphatic rings. The normalized spacial score (nSPS) is 11.1. The predicted octanol–water partition coefficient (Wildman–Crippen LogP) is 3.36. The molecule has 0 fully saturated rings. The Morgan fingerprint density at radius 1 is 0.920 bits per heavy atom. The van der Waals surface area contributed by atoms with Crippen molar-refractivity contribution in [3.8, 4) is 17.2 Å². The summed E-state index contributed by atoms with van der Waals surface area (Å²) in [6.45, 7) is 0. The Morgan fingerprint density at radius 3 is 2.08 bits per heavy atom. The van der Waals surface area contributed by atoms with Crippen LogP contribution in [0.3, 0.4) is 0 Å².